The van der Waals surface area contributed by atoms with E-state index in [9.17, 15) is 14.7 Å². The highest BCUT2D eigenvalue weighted by atomic mass is 32.2. The molecule has 2 unspecified atom stereocenters. The summed E-state index contributed by atoms with van der Waals surface area (Å²) >= 11 is 1.49. The van der Waals surface area contributed by atoms with Crippen molar-refractivity contribution < 1.29 is 14.7 Å². The molecule has 0 amide bonds. The second-order valence-corrected chi connectivity index (χ2v) is 6.85. The molecule has 0 saturated carbocycles. The van der Waals surface area contributed by atoms with Crippen LogP contribution in [0.2, 0.25) is 0 Å². The van der Waals surface area contributed by atoms with Crippen LogP contribution in [-0.2, 0) is 0 Å². The van der Waals surface area contributed by atoms with Gasteiger partial charge in [0.15, 0.2) is 11.6 Å². The van der Waals surface area contributed by atoms with Gasteiger partial charge in [-0.25, -0.2) is 0 Å². The number of aliphatic hydroxyl groups excluding tert-OH is 1. The van der Waals surface area contributed by atoms with E-state index in [-0.39, 0.29) is 16.8 Å². The van der Waals surface area contributed by atoms with Gasteiger partial charge in [0.25, 0.3) is 0 Å². The van der Waals surface area contributed by atoms with Crippen molar-refractivity contribution in [2.45, 2.75) is 11.4 Å². The van der Waals surface area contributed by atoms with Crippen LogP contribution in [0.15, 0.2) is 54.6 Å². The lowest BCUT2D eigenvalue weighted by Crippen LogP contribution is -2.45. The van der Waals surface area contributed by atoms with Crippen LogP contribution < -0.4 is 0 Å². The van der Waals surface area contributed by atoms with Crippen LogP contribution in [0.25, 0.3) is 0 Å². The molecule has 0 bridgehead atoms. The smallest absolute Gasteiger partial charge is 0.181 e. The molecule has 1 aliphatic carbocycles. The van der Waals surface area contributed by atoms with Gasteiger partial charge in [0.1, 0.15) is 5.41 Å². The summed E-state index contributed by atoms with van der Waals surface area (Å²) < 4.78 is 0. The fourth-order valence-corrected chi connectivity index (χ4v) is 5.20. The van der Waals surface area contributed by atoms with E-state index in [4.69, 9.17) is 0 Å². The molecular formula is C18H14O3S. The zero-order valence-corrected chi connectivity index (χ0v) is 12.5. The van der Waals surface area contributed by atoms with E-state index in [0.29, 0.717) is 16.9 Å². The van der Waals surface area contributed by atoms with Crippen molar-refractivity contribution in [3.8, 4) is 0 Å². The van der Waals surface area contributed by atoms with Crippen LogP contribution >= 0.6 is 11.8 Å². The van der Waals surface area contributed by atoms with E-state index in [0.717, 1.165) is 5.56 Å². The third-order valence-electron chi connectivity index (χ3n) is 4.63. The highest BCUT2D eigenvalue weighted by molar-refractivity contribution is 8.00. The van der Waals surface area contributed by atoms with Crippen molar-refractivity contribution in [3.63, 3.8) is 0 Å². The Morgan fingerprint density at radius 2 is 1.45 bits per heavy atom. The number of carbonyl (C=O) groups excluding carboxylic acids is 2. The molecule has 0 aromatic heterocycles. The maximum absolute atomic E-state index is 13.0. The summed E-state index contributed by atoms with van der Waals surface area (Å²) in [4.78, 5) is 26.1. The van der Waals surface area contributed by atoms with Crippen molar-refractivity contribution in [2.75, 3.05) is 5.75 Å². The molecular weight excluding hydrogens is 296 g/mol. The number of hydrogen-bond donors (Lipinski definition) is 1. The number of ketones is 2. The van der Waals surface area contributed by atoms with Gasteiger partial charge in [-0.1, -0.05) is 54.6 Å². The summed E-state index contributed by atoms with van der Waals surface area (Å²) in [6.45, 7) is 0. The summed E-state index contributed by atoms with van der Waals surface area (Å²) in [6.07, 6.45) is -0.949. The number of thioether (sulfide) groups is 1. The fourth-order valence-electron chi connectivity index (χ4n) is 3.58. The quantitative estimate of drug-likeness (QED) is 0.823. The normalized spacial score (nSPS) is 25.7. The number of fused-ring (bicyclic) bond motifs is 1. The van der Waals surface area contributed by atoms with Gasteiger partial charge in [-0.05, 0) is 5.56 Å². The van der Waals surface area contributed by atoms with Crippen molar-refractivity contribution in [2.24, 2.45) is 5.41 Å². The largest absolute Gasteiger partial charge is 0.391 e. The number of benzene rings is 2. The van der Waals surface area contributed by atoms with E-state index in [1.54, 1.807) is 24.3 Å². The third kappa shape index (κ3) is 1.57. The zero-order chi connectivity index (χ0) is 15.3. The fraction of sp³-hybridized carbons (Fsp3) is 0.222. The first-order chi connectivity index (χ1) is 10.7. The van der Waals surface area contributed by atoms with Crippen molar-refractivity contribution >= 4 is 23.3 Å². The molecule has 1 aliphatic heterocycles. The molecule has 4 rings (SSSR count). The van der Waals surface area contributed by atoms with Gasteiger partial charge >= 0.3 is 0 Å². The minimum Gasteiger partial charge on any atom is -0.391 e. The molecule has 110 valence electrons. The lowest BCUT2D eigenvalue weighted by molar-refractivity contribution is 0.0388. The molecule has 1 saturated heterocycles. The summed E-state index contributed by atoms with van der Waals surface area (Å²) in [5, 5.41) is 10.2. The molecule has 3 nitrogen and oxygen atoms in total. The molecule has 1 fully saturated rings. The Morgan fingerprint density at radius 3 is 2.05 bits per heavy atom. The first-order valence-electron chi connectivity index (χ1n) is 7.20. The molecule has 2 aliphatic rings. The average molecular weight is 310 g/mol. The van der Waals surface area contributed by atoms with Crippen molar-refractivity contribution in [1.29, 1.82) is 0 Å². The summed E-state index contributed by atoms with van der Waals surface area (Å²) in [6, 6.07) is 16.4. The van der Waals surface area contributed by atoms with E-state index in [1.807, 2.05) is 30.3 Å². The van der Waals surface area contributed by atoms with Crippen LogP contribution in [0.3, 0.4) is 0 Å². The third-order valence-corrected chi connectivity index (χ3v) is 6.12. The number of Topliss-reactive ketones (excluding diaryl/α,β-unsaturated/α-hetero) is 2. The van der Waals surface area contributed by atoms with Crippen LogP contribution in [0.5, 0.6) is 0 Å². The molecule has 2 aromatic rings. The van der Waals surface area contributed by atoms with Crippen LogP contribution in [0.4, 0.5) is 0 Å². The highest BCUT2D eigenvalue weighted by Gasteiger charge is 2.65. The van der Waals surface area contributed by atoms with Gasteiger partial charge in [0.05, 0.1) is 11.4 Å². The topological polar surface area (TPSA) is 54.4 Å². The van der Waals surface area contributed by atoms with Crippen LogP contribution in [0, 0.1) is 5.41 Å². The van der Waals surface area contributed by atoms with Crippen LogP contribution in [0.1, 0.15) is 31.5 Å². The highest BCUT2D eigenvalue weighted by Crippen LogP contribution is 2.59. The van der Waals surface area contributed by atoms with E-state index >= 15 is 0 Å². The number of rotatable bonds is 1. The first kappa shape index (κ1) is 13.7. The molecule has 4 heteroatoms. The predicted molar refractivity (Wildman–Crippen MR) is 85.2 cm³/mol. The Morgan fingerprint density at radius 1 is 0.909 bits per heavy atom. The van der Waals surface area contributed by atoms with Gasteiger partial charge < -0.3 is 5.11 Å². The molecule has 1 N–H and O–H groups in total. The molecule has 2 atom stereocenters. The Hall–Kier alpha value is -1.91. The maximum Gasteiger partial charge on any atom is 0.181 e. The van der Waals surface area contributed by atoms with Crippen molar-refractivity contribution in [1.82, 2.24) is 0 Å². The van der Waals surface area contributed by atoms with Crippen molar-refractivity contribution in [3.05, 3.63) is 71.3 Å². The summed E-state index contributed by atoms with van der Waals surface area (Å²) in [7, 11) is 0. The second-order valence-electron chi connectivity index (χ2n) is 5.71. The Kier molecular flexibility index (Phi) is 2.99. The SMILES string of the molecule is O=C1c2ccccc2C(=O)C12C(O)CSC2c1ccccc1. The minimum atomic E-state index is -1.37. The van der Waals surface area contributed by atoms with Gasteiger partial charge in [0, 0.05) is 16.9 Å². The number of hydrogen-bond acceptors (Lipinski definition) is 4. The number of carbonyl (C=O) groups is 2. The standard InChI is InChI=1S/C18H14O3S/c19-14-10-22-17(11-6-2-1-3-7-11)18(14)15(20)12-8-4-5-9-13(12)16(18)21/h1-9,14,17,19H,10H2. The Bertz CT molecular complexity index is 734. The van der Waals surface area contributed by atoms with Gasteiger partial charge in [0.2, 0.25) is 0 Å². The minimum absolute atomic E-state index is 0.237. The first-order valence-corrected chi connectivity index (χ1v) is 8.25. The molecule has 0 radical (unpaired) electrons. The number of aliphatic hydroxyl groups is 1. The zero-order valence-electron chi connectivity index (χ0n) is 11.7. The lowest BCUT2D eigenvalue weighted by atomic mass is 9.73. The summed E-state index contributed by atoms with van der Waals surface area (Å²) in [5.41, 5.74) is 0.430. The Labute approximate surface area is 132 Å². The van der Waals surface area contributed by atoms with E-state index in [2.05, 4.69) is 0 Å². The van der Waals surface area contributed by atoms with Gasteiger partial charge in [-0.2, -0.15) is 0 Å². The predicted octanol–water partition coefficient (Wildman–Crippen LogP) is 2.90. The maximum atomic E-state index is 13.0. The molecule has 2 aromatic carbocycles. The van der Waals surface area contributed by atoms with E-state index in [1.165, 1.54) is 11.8 Å². The monoisotopic (exact) mass is 310 g/mol. The lowest BCUT2D eigenvalue weighted by Gasteiger charge is -2.30. The molecule has 1 spiro atoms. The van der Waals surface area contributed by atoms with E-state index < -0.39 is 11.5 Å². The second kappa shape index (κ2) is 4.80. The Balaban J connectivity index is 1.92. The average Bonchev–Trinajstić information content (AvgIpc) is 3.02. The summed E-state index contributed by atoms with van der Waals surface area (Å²) in [5.74, 6) is -0.0794. The van der Waals surface area contributed by atoms with Gasteiger partial charge in [-0.15, -0.1) is 11.8 Å². The molecule has 1 heterocycles. The van der Waals surface area contributed by atoms with Gasteiger partial charge in [-0.3, -0.25) is 9.59 Å². The molecule has 22 heavy (non-hydrogen) atoms. The van der Waals surface area contributed by atoms with Crippen LogP contribution in [-0.4, -0.2) is 28.5 Å².